The molecule has 4 nitrogen and oxygen atoms in total. The number of fused-ring (bicyclic) bond motifs is 1. The second-order valence-corrected chi connectivity index (χ2v) is 5.21. The van der Waals surface area contributed by atoms with Crippen molar-refractivity contribution in [3.05, 3.63) is 64.9 Å². The number of carbonyl (C=O) groups is 1. The van der Waals surface area contributed by atoms with Gasteiger partial charge in [-0.25, -0.2) is 9.97 Å². The molecule has 0 bridgehead atoms. The predicted octanol–water partition coefficient (Wildman–Crippen LogP) is 4.10. The van der Waals surface area contributed by atoms with E-state index in [1.165, 1.54) is 5.56 Å². The lowest BCUT2D eigenvalue weighted by molar-refractivity contribution is 0.102. The number of amides is 1. The summed E-state index contributed by atoms with van der Waals surface area (Å²) >= 11 is 6.08. The Bertz CT molecular complexity index is 831. The Morgan fingerprint density at radius 2 is 1.68 bits per heavy atom. The van der Waals surface area contributed by atoms with Gasteiger partial charge in [0.1, 0.15) is 0 Å². The quantitative estimate of drug-likeness (QED) is 0.792. The molecule has 0 fully saturated rings. The van der Waals surface area contributed by atoms with Crippen molar-refractivity contribution < 1.29 is 4.79 Å². The molecule has 3 rings (SSSR count). The molecule has 0 radical (unpaired) electrons. The van der Waals surface area contributed by atoms with Gasteiger partial charge in [-0.2, -0.15) is 0 Å². The molecule has 0 spiro atoms. The van der Waals surface area contributed by atoms with Gasteiger partial charge in [0.15, 0.2) is 10.8 Å². The number of anilines is 1. The summed E-state index contributed by atoms with van der Waals surface area (Å²) in [5, 5.41) is 2.89. The molecule has 110 valence electrons. The van der Waals surface area contributed by atoms with E-state index in [9.17, 15) is 4.79 Å². The van der Waals surface area contributed by atoms with Crippen molar-refractivity contribution >= 4 is 34.2 Å². The van der Waals surface area contributed by atoms with Crippen LogP contribution in [0.15, 0.2) is 48.5 Å². The smallest absolute Gasteiger partial charge is 0.277 e. The van der Waals surface area contributed by atoms with Gasteiger partial charge in [0.05, 0.1) is 11.0 Å². The van der Waals surface area contributed by atoms with E-state index in [4.69, 9.17) is 11.6 Å². The molecule has 0 saturated heterocycles. The van der Waals surface area contributed by atoms with Crippen molar-refractivity contribution in [3.63, 3.8) is 0 Å². The van der Waals surface area contributed by atoms with Gasteiger partial charge in [-0.1, -0.05) is 42.8 Å². The fourth-order valence-corrected chi connectivity index (χ4v) is 2.36. The number of aryl methyl sites for hydroxylation is 1. The zero-order valence-electron chi connectivity index (χ0n) is 12.0. The maximum absolute atomic E-state index is 12.3. The molecule has 22 heavy (non-hydrogen) atoms. The predicted molar refractivity (Wildman–Crippen MR) is 88.3 cm³/mol. The molecule has 0 aliphatic heterocycles. The number of halogens is 1. The van der Waals surface area contributed by atoms with Crippen LogP contribution in [-0.4, -0.2) is 15.9 Å². The molecule has 3 aromatic rings. The molecular formula is C17H14ClN3O. The highest BCUT2D eigenvalue weighted by Crippen LogP contribution is 2.18. The average molecular weight is 312 g/mol. The number of rotatable bonds is 3. The van der Waals surface area contributed by atoms with Gasteiger partial charge in [0, 0.05) is 5.69 Å². The summed E-state index contributed by atoms with van der Waals surface area (Å²) in [5.41, 5.74) is 3.34. The molecule has 2 aromatic carbocycles. The number of aromatic nitrogens is 2. The third-order valence-electron chi connectivity index (χ3n) is 3.36. The average Bonchev–Trinajstić information content (AvgIpc) is 2.54. The molecule has 0 unspecified atom stereocenters. The molecule has 5 heteroatoms. The Labute approximate surface area is 133 Å². The number of nitrogens with one attached hydrogen (secondary N) is 1. The summed E-state index contributed by atoms with van der Waals surface area (Å²) in [6.07, 6.45) is 0.955. The first-order chi connectivity index (χ1) is 10.7. The highest BCUT2D eigenvalue weighted by Gasteiger charge is 2.15. The third kappa shape index (κ3) is 2.92. The van der Waals surface area contributed by atoms with Crippen molar-refractivity contribution in [2.24, 2.45) is 0 Å². The summed E-state index contributed by atoms with van der Waals surface area (Å²) in [5.74, 6) is -0.368. The van der Waals surface area contributed by atoms with Crippen LogP contribution in [0.3, 0.4) is 0 Å². The Kier molecular flexibility index (Phi) is 4.02. The van der Waals surface area contributed by atoms with E-state index in [0.29, 0.717) is 16.7 Å². The van der Waals surface area contributed by atoms with Crippen LogP contribution < -0.4 is 5.32 Å². The van der Waals surface area contributed by atoms with Crippen LogP contribution in [0.1, 0.15) is 23.0 Å². The number of para-hydroxylation sites is 2. The van der Waals surface area contributed by atoms with Gasteiger partial charge in [0.25, 0.3) is 5.91 Å². The van der Waals surface area contributed by atoms with E-state index < -0.39 is 0 Å². The van der Waals surface area contributed by atoms with Crippen LogP contribution >= 0.6 is 11.6 Å². The topological polar surface area (TPSA) is 54.9 Å². The van der Waals surface area contributed by atoms with Crippen molar-refractivity contribution in [1.82, 2.24) is 9.97 Å². The largest absolute Gasteiger partial charge is 0.321 e. The van der Waals surface area contributed by atoms with Gasteiger partial charge in [-0.15, -0.1) is 0 Å². The summed E-state index contributed by atoms with van der Waals surface area (Å²) in [6.45, 7) is 2.08. The Balaban J connectivity index is 1.89. The van der Waals surface area contributed by atoms with Gasteiger partial charge >= 0.3 is 0 Å². The van der Waals surface area contributed by atoms with Crippen molar-refractivity contribution in [2.75, 3.05) is 5.32 Å². The zero-order chi connectivity index (χ0) is 15.5. The normalized spacial score (nSPS) is 10.6. The van der Waals surface area contributed by atoms with Crippen LogP contribution in [-0.2, 0) is 6.42 Å². The maximum atomic E-state index is 12.3. The molecule has 0 aliphatic rings. The number of benzene rings is 2. The highest BCUT2D eigenvalue weighted by atomic mass is 35.5. The van der Waals surface area contributed by atoms with Crippen LogP contribution in [0.4, 0.5) is 5.69 Å². The van der Waals surface area contributed by atoms with E-state index in [1.54, 1.807) is 12.1 Å². The van der Waals surface area contributed by atoms with E-state index in [1.807, 2.05) is 36.4 Å². The summed E-state index contributed by atoms with van der Waals surface area (Å²) in [7, 11) is 0. The Morgan fingerprint density at radius 3 is 2.32 bits per heavy atom. The van der Waals surface area contributed by atoms with Crippen LogP contribution in [0.2, 0.25) is 5.15 Å². The standard InChI is InChI=1S/C17H14ClN3O/c1-2-11-7-9-12(10-8-11)19-17(22)15-16(18)21-14-6-4-3-5-13(14)20-15/h3-10H,2H2,1H3,(H,19,22). The minimum atomic E-state index is -0.368. The second kappa shape index (κ2) is 6.12. The zero-order valence-corrected chi connectivity index (χ0v) is 12.8. The van der Waals surface area contributed by atoms with Gasteiger partial charge in [0.2, 0.25) is 0 Å². The lowest BCUT2D eigenvalue weighted by Crippen LogP contribution is -2.15. The summed E-state index contributed by atoms with van der Waals surface area (Å²) in [6, 6.07) is 15.0. The molecule has 0 atom stereocenters. The fraction of sp³-hybridized carbons (Fsp3) is 0.118. The fourth-order valence-electron chi connectivity index (χ4n) is 2.14. The first-order valence-electron chi connectivity index (χ1n) is 7.00. The SMILES string of the molecule is CCc1ccc(NC(=O)c2nc3ccccc3nc2Cl)cc1. The monoisotopic (exact) mass is 311 g/mol. The highest BCUT2D eigenvalue weighted by molar-refractivity contribution is 6.33. The van der Waals surface area contributed by atoms with Gasteiger partial charge in [-0.05, 0) is 36.2 Å². The van der Waals surface area contributed by atoms with E-state index in [0.717, 1.165) is 6.42 Å². The van der Waals surface area contributed by atoms with Crippen molar-refractivity contribution in [2.45, 2.75) is 13.3 Å². The number of hydrogen-bond donors (Lipinski definition) is 1. The van der Waals surface area contributed by atoms with E-state index in [2.05, 4.69) is 22.2 Å². The number of carbonyl (C=O) groups excluding carboxylic acids is 1. The van der Waals surface area contributed by atoms with Crippen LogP contribution in [0.25, 0.3) is 11.0 Å². The van der Waals surface area contributed by atoms with E-state index in [-0.39, 0.29) is 16.8 Å². The molecule has 0 saturated carbocycles. The van der Waals surface area contributed by atoms with Crippen LogP contribution in [0, 0.1) is 0 Å². The minimum Gasteiger partial charge on any atom is -0.321 e. The van der Waals surface area contributed by atoms with Gasteiger partial charge < -0.3 is 5.32 Å². The Morgan fingerprint density at radius 1 is 1.05 bits per heavy atom. The molecule has 1 N–H and O–H groups in total. The first-order valence-corrected chi connectivity index (χ1v) is 7.37. The molecular weight excluding hydrogens is 298 g/mol. The Hall–Kier alpha value is -2.46. The molecule has 1 amide bonds. The summed E-state index contributed by atoms with van der Waals surface area (Å²) in [4.78, 5) is 20.8. The molecule has 0 aliphatic carbocycles. The maximum Gasteiger partial charge on any atom is 0.277 e. The van der Waals surface area contributed by atoms with Crippen molar-refractivity contribution in [1.29, 1.82) is 0 Å². The summed E-state index contributed by atoms with van der Waals surface area (Å²) < 4.78 is 0. The number of hydrogen-bond acceptors (Lipinski definition) is 3. The molecule has 1 aromatic heterocycles. The first kappa shape index (κ1) is 14.5. The van der Waals surface area contributed by atoms with E-state index >= 15 is 0 Å². The number of nitrogens with zero attached hydrogens (tertiary/aromatic N) is 2. The third-order valence-corrected chi connectivity index (χ3v) is 3.63. The molecule has 1 heterocycles. The lowest BCUT2D eigenvalue weighted by Gasteiger charge is -2.07. The minimum absolute atomic E-state index is 0.0985. The van der Waals surface area contributed by atoms with Crippen LogP contribution in [0.5, 0.6) is 0 Å². The second-order valence-electron chi connectivity index (χ2n) is 4.86. The lowest BCUT2D eigenvalue weighted by atomic mass is 10.1. The van der Waals surface area contributed by atoms with Gasteiger partial charge in [-0.3, -0.25) is 4.79 Å². The van der Waals surface area contributed by atoms with Crippen molar-refractivity contribution in [3.8, 4) is 0 Å².